The van der Waals surface area contributed by atoms with Crippen molar-refractivity contribution in [2.45, 2.75) is 37.1 Å². The van der Waals surface area contributed by atoms with Gasteiger partial charge in [0.1, 0.15) is 6.10 Å². The molecule has 0 spiro atoms. The van der Waals surface area contributed by atoms with Crippen molar-refractivity contribution in [3.63, 3.8) is 0 Å². The minimum Gasteiger partial charge on any atom is -0.457 e. The van der Waals surface area contributed by atoms with E-state index in [1.54, 1.807) is 12.1 Å². The molecule has 4 heteroatoms. The Kier molecular flexibility index (Phi) is 5.94. The zero-order valence-electron chi connectivity index (χ0n) is 12.9. The Morgan fingerprint density at radius 3 is 2.55 bits per heavy atom. The lowest BCUT2D eigenvalue weighted by molar-refractivity contribution is -0.0177. The van der Waals surface area contributed by atoms with Crippen molar-refractivity contribution >= 4 is 29.2 Å². The number of benzene rings is 1. The van der Waals surface area contributed by atoms with E-state index in [1.165, 1.54) is 0 Å². The van der Waals surface area contributed by atoms with Gasteiger partial charge in [-0.1, -0.05) is 38.1 Å². The summed E-state index contributed by atoms with van der Waals surface area (Å²) in [6, 6.07) is 8.99. The zero-order valence-corrected chi connectivity index (χ0v) is 14.4. The van der Waals surface area contributed by atoms with Crippen LogP contribution in [0.4, 0.5) is 0 Å². The second kappa shape index (κ2) is 7.52. The van der Waals surface area contributed by atoms with Gasteiger partial charge in [0.15, 0.2) is 0 Å². The summed E-state index contributed by atoms with van der Waals surface area (Å²) in [5.41, 5.74) is 0.539. The average Bonchev–Trinajstić information content (AvgIpc) is 2.53. The predicted molar refractivity (Wildman–Crippen MR) is 91.6 cm³/mol. The first kappa shape index (κ1) is 17.4. The summed E-state index contributed by atoms with van der Waals surface area (Å²) < 4.78 is 5.77. The Morgan fingerprint density at radius 2 is 1.95 bits per heavy atom. The van der Waals surface area contributed by atoms with E-state index in [0.717, 1.165) is 0 Å². The van der Waals surface area contributed by atoms with Gasteiger partial charge >= 0.3 is 5.97 Å². The van der Waals surface area contributed by atoms with E-state index < -0.39 is 0 Å². The monoisotopic (exact) mass is 340 g/mol. The first-order chi connectivity index (χ1) is 10.5. The van der Waals surface area contributed by atoms with Gasteiger partial charge in [0, 0.05) is 11.3 Å². The van der Waals surface area contributed by atoms with Crippen molar-refractivity contribution in [1.29, 1.82) is 0 Å². The van der Waals surface area contributed by atoms with E-state index in [1.807, 2.05) is 24.3 Å². The second-order valence-electron chi connectivity index (χ2n) is 6.03. The molecule has 0 aromatic heterocycles. The SMILES string of the molecule is C=C[C@H](C)[C@@H]1[C@@H](C)[C@@H](Cl)C[C@H](Cl)[C@@H]1OC(=O)c1ccccc1. The first-order valence-corrected chi connectivity index (χ1v) is 8.49. The van der Waals surface area contributed by atoms with Crippen molar-refractivity contribution in [3.8, 4) is 0 Å². The molecule has 1 fully saturated rings. The Balaban J connectivity index is 2.21. The molecule has 2 nitrogen and oxygen atoms in total. The molecule has 1 aromatic rings. The van der Waals surface area contributed by atoms with Crippen LogP contribution in [-0.2, 0) is 4.74 Å². The molecule has 0 saturated heterocycles. The quantitative estimate of drug-likeness (QED) is 0.442. The fraction of sp³-hybridized carbons (Fsp3) is 0.500. The highest BCUT2D eigenvalue weighted by Gasteiger charge is 2.45. The summed E-state index contributed by atoms with van der Waals surface area (Å²) in [6.45, 7) is 8.02. The van der Waals surface area contributed by atoms with Crippen molar-refractivity contribution in [3.05, 3.63) is 48.6 Å². The lowest BCUT2D eigenvalue weighted by Crippen LogP contribution is -2.49. The fourth-order valence-corrected chi connectivity index (χ4v) is 4.06. The number of esters is 1. The van der Waals surface area contributed by atoms with Gasteiger partial charge in [-0.3, -0.25) is 0 Å². The second-order valence-corrected chi connectivity index (χ2v) is 7.16. The molecule has 0 N–H and O–H groups in total. The molecule has 1 saturated carbocycles. The molecule has 1 aliphatic carbocycles. The van der Waals surface area contributed by atoms with Gasteiger partial charge in [0.05, 0.1) is 10.9 Å². The van der Waals surface area contributed by atoms with Gasteiger partial charge in [-0.25, -0.2) is 4.79 Å². The van der Waals surface area contributed by atoms with Gasteiger partial charge < -0.3 is 4.74 Å². The number of halogens is 2. The molecule has 0 aliphatic heterocycles. The predicted octanol–water partition coefficient (Wildman–Crippen LogP) is 4.90. The van der Waals surface area contributed by atoms with Gasteiger partial charge in [0.25, 0.3) is 0 Å². The van der Waals surface area contributed by atoms with E-state index in [0.29, 0.717) is 12.0 Å². The smallest absolute Gasteiger partial charge is 0.338 e. The molecule has 0 heterocycles. The average molecular weight is 341 g/mol. The van der Waals surface area contributed by atoms with Crippen molar-refractivity contribution < 1.29 is 9.53 Å². The summed E-state index contributed by atoms with van der Waals surface area (Å²) in [5.74, 6) is 0.117. The number of carbonyl (C=O) groups is 1. The van der Waals surface area contributed by atoms with Crippen LogP contribution in [0.5, 0.6) is 0 Å². The van der Waals surface area contributed by atoms with Gasteiger partial charge in [-0.2, -0.15) is 0 Å². The fourth-order valence-electron chi connectivity index (χ4n) is 3.20. The third kappa shape index (κ3) is 3.67. The number of carbonyl (C=O) groups excluding carboxylic acids is 1. The highest BCUT2D eigenvalue weighted by atomic mass is 35.5. The van der Waals surface area contributed by atoms with E-state index in [-0.39, 0.29) is 40.6 Å². The van der Waals surface area contributed by atoms with E-state index >= 15 is 0 Å². The minimum absolute atomic E-state index is 0.0124. The molecular weight excluding hydrogens is 319 g/mol. The molecule has 0 radical (unpaired) electrons. The Labute approximate surface area is 142 Å². The van der Waals surface area contributed by atoms with Gasteiger partial charge in [0.2, 0.25) is 0 Å². The Bertz CT molecular complexity index is 517. The molecule has 2 rings (SSSR count). The number of hydrogen-bond acceptors (Lipinski definition) is 2. The number of rotatable bonds is 4. The number of hydrogen-bond donors (Lipinski definition) is 0. The minimum atomic E-state index is -0.354. The van der Waals surface area contributed by atoms with Crippen LogP contribution in [0.3, 0.4) is 0 Å². The third-order valence-electron chi connectivity index (χ3n) is 4.60. The number of alkyl halides is 2. The Morgan fingerprint density at radius 1 is 1.32 bits per heavy atom. The maximum atomic E-state index is 12.4. The lowest BCUT2D eigenvalue weighted by atomic mass is 9.71. The van der Waals surface area contributed by atoms with Crippen LogP contribution in [0.1, 0.15) is 30.6 Å². The maximum absolute atomic E-state index is 12.4. The molecule has 0 unspecified atom stereocenters. The van der Waals surface area contributed by atoms with Crippen LogP contribution in [0.2, 0.25) is 0 Å². The lowest BCUT2D eigenvalue weighted by Gasteiger charge is -2.43. The van der Waals surface area contributed by atoms with Gasteiger partial charge in [-0.05, 0) is 30.4 Å². The summed E-state index contributed by atoms with van der Waals surface area (Å²) in [4.78, 5) is 12.4. The normalized spacial score (nSPS) is 33.0. The van der Waals surface area contributed by atoms with Crippen molar-refractivity contribution in [1.82, 2.24) is 0 Å². The molecule has 1 aromatic carbocycles. The van der Waals surface area contributed by atoms with E-state index in [9.17, 15) is 4.79 Å². The summed E-state index contributed by atoms with van der Waals surface area (Å²) in [5, 5.41) is -0.291. The van der Waals surface area contributed by atoms with Crippen LogP contribution >= 0.6 is 23.2 Å². The van der Waals surface area contributed by atoms with Crippen molar-refractivity contribution in [2.24, 2.45) is 17.8 Å². The molecule has 6 atom stereocenters. The van der Waals surface area contributed by atoms with Crippen LogP contribution in [0.15, 0.2) is 43.0 Å². The topological polar surface area (TPSA) is 26.3 Å². The number of allylic oxidation sites excluding steroid dienone is 1. The standard InChI is InChI=1S/C18H22Cl2O2/c1-4-11(2)16-12(3)14(19)10-15(20)17(16)22-18(21)13-8-6-5-7-9-13/h4-9,11-12,14-17H,1,10H2,2-3H3/t11-,12-,14-,15-,16+,17-/m0/s1. The summed E-state index contributed by atoms with van der Waals surface area (Å²) >= 11 is 12.9. The van der Waals surface area contributed by atoms with Crippen LogP contribution in [0, 0.1) is 17.8 Å². The largest absolute Gasteiger partial charge is 0.457 e. The van der Waals surface area contributed by atoms with Crippen LogP contribution in [-0.4, -0.2) is 22.8 Å². The maximum Gasteiger partial charge on any atom is 0.338 e. The van der Waals surface area contributed by atoms with Gasteiger partial charge in [-0.15, -0.1) is 29.8 Å². The van der Waals surface area contributed by atoms with Crippen LogP contribution in [0.25, 0.3) is 0 Å². The molecule has 22 heavy (non-hydrogen) atoms. The van der Waals surface area contributed by atoms with Crippen LogP contribution < -0.4 is 0 Å². The molecule has 0 bridgehead atoms. The van der Waals surface area contributed by atoms with E-state index in [4.69, 9.17) is 27.9 Å². The summed E-state index contributed by atoms with van der Waals surface area (Å²) in [7, 11) is 0. The molecule has 0 amide bonds. The highest BCUT2D eigenvalue weighted by Crippen LogP contribution is 2.42. The summed E-state index contributed by atoms with van der Waals surface area (Å²) in [6.07, 6.45) is 2.16. The number of ether oxygens (including phenoxy) is 1. The molecule has 1 aliphatic rings. The van der Waals surface area contributed by atoms with Crippen molar-refractivity contribution in [2.75, 3.05) is 0 Å². The molecule has 120 valence electrons. The first-order valence-electron chi connectivity index (χ1n) is 7.62. The van der Waals surface area contributed by atoms with E-state index in [2.05, 4.69) is 20.4 Å². The molecular formula is C18H22Cl2O2. The zero-order chi connectivity index (χ0) is 16.3. The highest BCUT2D eigenvalue weighted by molar-refractivity contribution is 6.24. The Hall–Kier alpha value is -0.990. The third-order valence-corrected chi connectivity index (χ3v) is 5.60.